The maximum atomic E-state index is 8.66. The van der Waals surface area contributed by atoms with E-state index in [9.17, 15) is 0 Å². The van der Waals surface area contributed by atoms with Crippen LogP contribution < -0.4 is 5.73 Å². The lowest BCUT2D eigenvalue weighted by atomic mass is 9.91. The maximum absolute atomic E-state index is 8.66. The minimum absolute atomic E-state index is 0.0677. The topological polar surface area (TPSA) is 71.5 Å². The lowest BCUT2D eigenvalue weighted by molar-refractivity contribution is 0.318. The van der Waals surface area contributed by atoms with Gasteiger partial charge in [-0.25, -0.2) is 0 Å². The summed E-state index contributed by atoms with van der Waals surface area (Å²) < 4.78 is 0. The first-order chi connectivity index (χ1) is 9.19. The van der Waals surface area contributed by atoms with Crippen LogP contribution in [-0.2, 0) is 5.75 Å². The SMILES string of the molecule is CC1CCCC(SCc2ccnc(C(N)=NO)c2)C1. The van der Waals surface area contributed by atoms with Crippen molar-refractivity contribution in [3.05, 3.63) is 29.6 Å². The van der Waals surface area contributed by atoms with Gasteiger partial charge in [-0.2, -0.15) is 11.8 Å². The van der Waals surface area contributed by atoms with E-state index in [1.807, 2.05) is 23.9 Å². The number of nitrogens with zero attached hydrogens (tertiary/aromatic N) is 2. The van der Waals surface area contributed by atoms with E-state index < -0.39 is 0 Å². The summed E-state index contributed by atoms with van der Waals surface area (Å²) in [5.41, 5.74) is 7.27. The Morgan fingerprint density at radius 3 is 3.16 bits per heavy atom. The Labute approximate surface area is 118 Å². The van der Waals surface area contributed by atoms with Crippen LogP contribution in [0.1, 0.15) is 43.9 Å². The molecular formula is C14H21N3OS. The van der Waals surface area contributed by atoms with E-state index in [0.717, 1.165) is 16.9 Å². The third kappa shape index (κ3) is 4.13. The molecule has 0 amide bonds. The molecule has 1 aliphatic carbocycles. The zero-order valence-electron chi connectivity index (χ0n) is 11.2. The molecule has 0 radical (unpaired) electrons. The molecule has 1 heterocycles. The van der Waals surface area contributed by atoms with E-state index in [1.165, 1.54) is 31.2 Å². The largest absolute Gasteiger partial charge is 0.409 e. The molecule has 1 aliphatic rings. The number of aromatic nitrogens is 1. The lowest BCUT2D eigenvalue weighted by Crippen LogP contribution is -2.16. The van der Waals surface area contributed by atoms with E-state index in [4.69, 9.17) is 10.9 Å². The van der Waals surface area contributed by atoms with Crippen molar-refractivity contribution < 1.29 is 5.21 Å². The Morgan fingerprint density at radius 2 is 2.42 bits per heavy atom. The van der Waals surface area contributed by atoms with Crippen LogP contribution in [-0.4, -0.2) is 21.3 Å². The smallest absolute Gasteiger partial charge is 0.188 e. The fourth-order valence-electron chi connectivity index (χ4n) is 2.50. The van der Waals surface area contributed by atoms with Gasteiger partial charge in [-0.1, -0.05) is 24.9 Å². The van der Waals surface area contributed by atoms with Crippen molar-refractivity contribution in [3.63, 3.8) is 0 Å². The minimum atomic E-state index is 0.0677. The van der Waals surface area contributed by atoms with Gasteiger partial charge in [-0.3, -0.25) is 4.98 Å². The summed E-state index contributed by atoms with van der Waals surface area (Å²) in [4.78, 5) is 4.09. The first kappa shape index (κ1) is 14.2. The second kappa shape index (κ2) is 6.80. The van der Waals surface area contributed by atoms with Crippen molar-refractivity contribution in [1.29, 1.82) is 0 Å². The van der Waals surface area contributed by atoms with E-state index >= 15 is 0 Å². The van der Waals surface area contributed by atoms with Crippen LogP contribution in [0.15, 0.2) is 23.5 Å². The van der Waals surface area contributed by atoms with Crippen LogP contribution in [0, 0.1) is 5.92 Å². The first-order valence-corrected chi connectivity index (χ1v) is 7.78. The quantitative estimate of drug-likeness (QED) is 0.385. The van der Waals surface area contributed by atoms with Gasteiger partial charge in [-0.15, -0.1) is 0 Å². The summed E-state index contributed by atoms with van der Waals surface area (Å²) >= 11 is 2.01. The number of thioether (sulfide) groups is 1. The van der Waals surface area contributed by atoms with E-state index in [2.05, 4.69) is 17.1 Å². The third-order valence-electron chi connectivity index (χ3n) is 3.57. The van der Waals surface area contributed by atoms with Gasteiger partial charge < -0.3 is 10.9 Å². The molecular weight excluding hydrogens is 258 g/mol. The van der Waals surface area contributed by atoms with Gasteiger partial charge >= 0.3 is 0 Å². The van der Waals surface area contributed by atoms with Crippen LogP contribution >= 0.6 is 11.8 Å². The molecule has 1 fully saturated rings. The predicted molar refractivity (Wildman–Crippen MR) is 79.5 cm³/mol. The van der Waals surface area contributed by atoms with Crippen LogP contribution in [0.3, 0.4) is 0 Å². The van der Waals surface area contributed by atoms with Crippen LogP contribution in [0.4, 0.5) is 0 Å². The van der Waals surface area contributed by atoms with Gasteiger partial charge in [0.05, 0.1) is 0 Å². The van der Waals surface area contributed by atoms with Crippen LogP contribution in [0.5, 0.6) is 0 Å². The van der Waals surface area contributed by atoms with Gasteiger partial charge in [0.1, 0.15) is 5.69 Å². The van der Waals surface area contributed by atoms with Gasteiger partial charge in [0, 0.05) is 17.2 Å². The number of amidine groups is 1. The van der Waals surface area contributed by atoms with Crippen LogP contribution in [0.25, 0.3) is 0 Å². The molecule has 1 aromatic rings. The highest BCUT2D eigenvalue weighted by Gasteiger charge is 2.19. The molecule has 0 spiro atoms. The summed E-state index contributed by atoms with van der Waals surface area (Å²) in [6.07, 6.45) is 7.09. The number of hydrogen-bond donors (Lipinski definition) is 2. The number of pyridine rings is 1. The molecule has 0 aliphatic heterocycles. The Bertz CT molecular complexity index is 450. The number of rotatable bonds is 4. The fraction of sp³-hybridized carbons (Fsp3) is 0.571. The molecule has 19 heavy (non-hydrogen) atoms. The molecule has 5 heteroatoms. The Balaban J connectivity index is 1.92. The van der Waals surface area contributed by atoms with Crippen molar-refractivity contribution in [2.24, 2.45) is 16.8 Å². The normalized spacial score (nSPS) is 24.4. The Kier molecular flexibility index (Phi) is 5.07. The zero-order valence-corrected chi connectivity index (χ0v) is 12.1. The zero-order chi connectivity index (χ0) is 13.7. The average molecular weight is 279 g/mol. The predicted octanol–water partition coefficient (Wildman–Crippen LogP) is 2.99. The molecule has 0 saturated heterocycles. The molecule has 1 aromatic heterocycles. The highest BCUT2D eigenvalue weighted by atomic mass is 32.2. The molecule has 2 rings (SSSR count). The van der Waals surface area contributed by atoms with Crippen molar-refractivity contribution >= 4 is 17.6 Å². The van der Waals surface area contributed by atoms with Crippen molar-refractivity contribution in [2.45, 2.75) is 43.6 Å². The van der Waals surface area contributed by atoms with E-state index in [1.54, 1.807) is 6.20 Å². The first-order valence-electron chi connectivity index (χ1n) is 6.73. The highest BCUT2D eigenvalue weighted by molar-refractivity contribution is 7.99. The van der Waals surface area contributed by atoms with E-state index in [0.29, 0.717) is 5.69 Å². The van der Waals surface area contributed by atoms with Crippen molar-refractivity contribution in [1.82, 2.24) is 4.98 Å². The molecule has 0 aromatic carbocycles. The van der Waals surface area contributed by atoms with Crippen molar-refractivity contribution in [3.8, 4) is 0 Å². The summed E-state index contributed by atoms with van der Waals surface area (Å²) in [6, 6.07) is 3.89. The molecule has 2 unspecified atom stereocenters. The number of nitrogens with two attached hydrogens (primary N) is 1. The average Bonchev–Trinajstić information content (AvgIpc) is 2.45. The fourth-order valence-corrected chi connectivity index (χ4v) is 3.90. The van der Waals surface area contributed by atoms with Gasteiger partial charge in [0.25, 0.3) is 0 Å². The Morgan fingerprint density at radius 1 is 1.58 bits per heavy atom. The maximum Gasteiger partial charge on any atom is 0.188 e. The molecule has 0 bridgehead atoms. The Hall–Kier alpha value is -1.23. The minimum Gasteiger partial charge on any atom is -0.409 e. The monoisotopic (exact) mass is 279 g/mol. The second-order valence-electron chi connectivity index (χ2n) is 5.24. The summed E-state index contributed by atoms with van der Waals surface area (Å²) in [5.74, 6) is 1.89. The molecule has 1 saturated carbocycles. The van der Waals surface area contributed by atoms with E-state index in [-0.39, 0.29) is 5.84 Å². The highest BCUT2D eigenvalue weighted by Crippen LogP contribution is 2.33. The van der Waals surface area contributed by atoms with Gasteiger partial charge in [0.2, 0.25) is 0 Å². The standard InChI is InChI=1S/C14H21N3OS/c1-10-3-2-4-12(7-10)19-9-11-5-6-16-13(8-11)14(15)17-18/h5-6,8,10,12,18H,2-4,7,9H2,1H3,(H2,15,17). The summed E-state index contributed by atoms with van der Waals surface area (Å²) in [7, 11) is 0. The lowest BCUT2D eigenvalue weighted by Gasteiger charge is -2.26. The summed E-state index contributed by atoms with van der Waals surface area (Å²) in [6.45, 7) is 2.34. The molecule has 104 valence electrons. The van der Waals surface area contributed by atoms with Crippen LogP contribution in [0.2, 0.25) is 0 Å². The number of hydrogen-bond acceptors (Lipinski definition) is 4. The van der Waals surface area contributed by atoms with Crippen molar-refractivity contribution in [2.75, 3.05) is 0 Å². The third-order valence-corrected chi connectivity index (χ3v) is 4.97. The number of oxime groups is 1. The summed E-state index contributed by atoms with van der Waals surface area (Å²) in [5, 5.41) is 12.4. The molecule has 4 nitrogen and oxygen atoms in total. The second-order valence-corrected chi connectivity index (χ2v) is 6.53. The molecule has 2 atom stereocenters. The molecule has 3 N–H and O–H groups in total. The van der Waals surface area contributed by atoms with Gasteiger partial charge in [0.15, 0.2) is 5.84 Å². The van der Waals surface area contributed by atoms with Gasteiger partial charge in [-0.05, 0) is 36.5 Å².